The van der Waals surface area contributed by atoms with Gasteiger partial charge in [0.1, 0.15) is 15.4 Å². The van der Waals surface area contributed by atoms with E-state index < -0.39 is 0 Å². The molecule has 8 heteroatoms. The van der Waals surface area contributed by atoms with Crippen LogP contribution >= 0.6 is 11.3 Å². The average molecular weight is 382 g/mol. The van der Waals surface area contributed by atoms with Crippen molar-refractivity contribution in [3.8, 4) is 16.5 Å². The SMILES string of the molecule is COCc1cnc2c(-c3nc4c(CO)cc(OC)nc4s3)cc(C)cc2n1. The van der Waals surface area contributed by atoms with Gasteiger partial charge in [0.2, 0.25) is 5.88 Å². The summed E-state index contributed by atoms with van der Waals surface area (Å²) in [7, 11) is 3.19. The van der Waals surface area contributed by atoms with Crippen LogP contribution in [0.2, 0.25) is 0 Å². The molecule has 0 spiro atoms. The Hall–Kier alpha value is -2.68. The lowest BCUT2D eigenvalue weighted by atomic mass is 10.1. The van der Waals surface area contributed by atoms with Crippen LogP contribution in [-0.2, 0) is 18.0 Å². The second kappa shape index (κ2) is 7.15. The first kappa shape index (κ1) is 17.7. The summed E-state index contributed by atoms with van der Waals surface area (Å²) < 4.78 is 10.4. The zero-order valence-corrected chi connectivity index (χ0v) is 16.0. The number of thiazole rings is 1. The molecule has 4 rings (SSSR count). The molecule has 3 heterocycles. The number of ether oxygens (including phenoxy) is 2. The number of rotatable bonds is 5. The Kier molecular flexibility index (Phi) is 4.69. The summed E-state index contributed by atoms with van der Waals surface area (Å²) in [5.74, 6) is 0.458. The predicted octanol–water partition coefficient (Wildman–Crippen LogP) is 3.26. The summed E-state index contributed by atoms with van der Waals surface area (Å²) in [4.78, 5) is 19.1. The molecule has 0 bridgehead atoms. The molecule has 3 aromatic heterocycles. The van der Waals surface area contributed by atoms with Gasteiger partial charge in [-0.05, 0) is 24.6 Å². The van der Waals surface area contributed by atoms with Gasteiger partial charge in [-0.25, -0.2) is 15.0 Å². The van der Waals surface area contributed by atoms with Crippen LogP contribution in [0, 0.1) is 6.92 Å². The van der Waals surface area contributed by atoms with Crippen LogP contribution in [0.15, 0.2) is 24.4 Å². The predicted molar refractivity (Wildman–Crippen MR) is 104 cm³/mol. The zero-order valence-electron chi connectivity index (χ0n) is 15.2. The van der Waals surface area contributed by atoms with E-state index in [0.29, 0.717) is 28.4 Å². The molecule has 0 saturated carbocycles. The maximum atomic E-state index is 9.68. The highest BCUT2D eigenvalue weighted by Crippen LogP contribution is 2.35. The Morgan fingerprint density at radius 2 is 1.93 bits per heavy atom. The standard InChI is InChI=1S/C19H18N4O3S/c1-10-4-13(17-14(5-10)21-12(7-20-17)9-25-2)18-23-16-11(8-24)6-15(26-3)22-19(16)27-18/h4-7,24H,8-9H2,1-3H3. The molecule has 0 saturated heterocycles. The maximum Gasteiger partial charge on any atom is 0.214 e. The van der Waals surface area contributed by atoms with Crippen LogP contribution in [0.25, 0.3) is 32.0 Å². The topological polar surface area (TPSA) is 90.3 Å². The largest absolute Gasteiger partial charge is 0.481 e. The summed E-state index contributed by atoms with van der Waals surface area (Å²) in [6.07, 6.45) is 1.72. The van der Waals surface area contributed by atoms with Crippen LogP contribution in [0.4, 0.5) is 0 Å². The Morgan fingerprint density at radius 3 is 2.67 bits per heavy atom. The van der Waals surface area contributed by atoms with Crippen LogP contribution in [-0.4, -0.2) is 39.3 Å². The van der Waals surface area contributed by atoms with E-state index in [2.05, 4.69) is 15.0 Å². The Labute approximate surface area is 159 Å². The molecule has 0 atom stereocenters. The summed E-state index contributed by atoms with van der Waals surface area (Å²) >= 11 is 1.44. The highest BCUT2D eigenvalue weighted by atomic mass is 32.1. The Bertz CT molecular complexity index is 1140. The minimum Gasteiger partial charge on any atom is -0.481 e. The molecule has 138 valence electrons. The molecule has 0 aliphatic rings. The minimum absolute atomic E-state index is 0.132. The van der Waals surface area contributed by atoms with Gasteiger partial charge in [0.05, 0.1) is 43.2 Å². The normalized spacial score (nSPS) is 11.4. The van der Waals surface area contributed by atoms with Gasteiger partial charge in [0.25, 0.3) is 0 Å². The summed E-state index contributed by atoms with van der Waals surface area (Å²) in [6, 6.07) is 5.75. The number of aryl methyl sites for hydroxylation is 1. The van der Waals surface area contributed by atoms with Gasteiger partial charge >= 0.3 is 0 Å². The third-order valence-electron chi connectivity index (χ3n) is 4.17. The van der Waals surface area contributed by atoms with Gasteiger partial charge in [-0.1, -0.05) is 11.3 Å². The molecule has 0 amide bonds. The number of aliphatic hydroxyl groups is 1. The molecule has 0 fully saturated rings. The van der Waals surface area contributed by atoms with Crippen molar-refractivity contribution in [2.45, 2.75) is 20.1 Å². The number of hydrogen-bond donors (Lipinski definition) is 1. The van der Waals surface area contributed by atoms with Crippen molar-refractivity contribution in [2.75, 3.05) is 14.2 Å². The summed E-state index contributed by atoms with van der Waals surface area (Å²) in [6.45, 7) is 2.30. The van der Waals surface area contributed by atoms with E-state index in [1.807, 2.05) is 19.1 Å². The molecule has 0 aliphatic heterocycles. The second-order valence-electron chi connectivity index (χ2n) is 6.13. The number of pyridine rings is 1. The monoisotopic (exact) mass is 382 g/mol. The van der Waals surface area contributed by atoms with Crippen LogP contribution in [0.5, 0.6) is 5.88 Å². The smallest absolute Gasteiger partial charge is 0.214 e. The van der Waals surface area contributed by atoms with Crippen LogP contribution in [0.3, 0.4) is 0 Å². The minimum atomic E-state index is -0.132. The molecule has 1 N–H and O–H groups in total. The van der Waals surface area contributed by atoms with Crippen molar-refractivity contribution in [1.29, 1.82) is 0 Å². The third kappa shape index (κ3) is 3.23. The number of aromatic nitrogens is 4. The molecular weight excluding hydrogens is 364 g/mol. The van der Waals surface area contributed by atoms with E-state index >= 15 is 0 Å². The fourth-order valence-electron chi connectivity index (χ4n) is 2.97. The first-order chi connectivity index (χ1) is 13.1. The number of fused-ring (bicyclic) bond motifs is 2. The van der Waals surface area contributed by atoms with Crippen molar-refractivity contribution in [2.24, 2.45) is 0 Å². The molecule has 27 heavy (non-hydrogen) atoms. The van der Waals surface area contributed by atoms with Crippen molar-refractivity contribution in [1.82, 2.24) is 19.9 Å². The van der Waals surface area contributed by atoms with Gasteiger partial charge in [0, 0.05) is 24.3 Å². The van der Waals surface area contributed by atoms with Gasteiger partial charge in [0.15, 0.2) is 0 Å². The fourth-order valence-corrected chi connectivity index (χ4v) is 3.97. The van der Waals surface area contributed by atoms with E-state index in [-0.39, 0.29) is 6.61 Å². The molecule has 4 aromatic rings. The van der Waals surface area contributed by atoms with E-state index in [4.69, 9.17) is 14.5 Å². The lowest BCUT2D eigenvalue weighted by Gasteiger charge is -2.06. The van der Waals surface area contributed by atoms with Gasteiger partial charge in [-0.2, -0.15) is 0 Å². The van der Waals surface area contributed by atoms with Crippen molar-refractivity contribution < 1.29 is 14.6 Å². The van der Waals surface area contributed by atoms with Gasteiger partial charge < -0.3 is 14.6 Å². The van der Waals surface area contributed by atoms with Crippen molar-refractivity contribution in [3.05, 3.63) is 41.2 Å². The lowest BCUT2D eigenvalue weighted by Crippen LogP contribution is -1.96. The highest BCUT2D eigenvalue weighted by Gasteiger charge is 2.16. The number of aliphatic hydroxyl groups excluding tert-OH is 1. The van der Waals surface area contributed by atoms with E-state index in [1.54, 1.807) is 26.5 Å². The summed E-state index contributed by atoms with van der Waals surface area (Å²) in [5.41, 5.74) is 5.67. The summed E-state index contributed by atoms with van der Waals surface area (Å²) in [5, 5.41) is 10.5. The third-order valence-corrected chi connectivity index (χ3v) is 5.15. The zero-order chi connectivity index (χ0) is 19.0. The fraction of sp³-hybridized carbons (Fsp3) is 0.263. The van der Waals surface area contributed by atoms with E-state index in [1.165, 1.54) is 11.3 Å². The lowest BCUT2D eigenvalue weighted by molar-refractivity contribution is 0.181. The molecule has 0 aliphatic carbocycles. The maximum absolute atomic E-state index is 9.68. The highest BCUT2D eigenvalue weighted by molar-refractivity contribution is 7.21. The average Bonchev–Trinajstić information content (AvgIpc) is 3.10. The molecule has 7 nitrogen and oxygen atoms in total. The van der Waals surface area contributed by atoms with Crippen molar-refractivity contribution in [3.63, 3.8) is 0 Å². The van der Waals surface area contributed by atoms with E-state index in [9.17, 15) is 5.11 Å². The second-order valence-corrected chi connectivity index (χ2v) is 7.11. The van der Waals surface area contributed by atoms with E-state index in [0.717, 1.165) is 32.9 Å². The van der Waals surface area contributed by atoms with Gasteiger partial charge in [-0.3, -0.25) is 4.98 Å². The number of hydrogen-bond acceptors (Lipinski definition) is 8. The quantitative estimate of drug-likeness (QED) is 0.566. The molecule has 1 aromatic carbocycles. The number of methoxy groups -OCH3 is 2. The van der Waals surface area contributed by atoms with Crippen LogP contribution < -0.4 is 4.74 Å². The molecular formula is C19H18N4O3S. The first-order valence-electron chi connectivity index (χ1n) is 8.34. The number of benzene rings is 1. The van der Waals surface area contributed by atoms with Gasteiger partial charge in [-0.15, -0.1) is 0 Å². The first-order valence-corrected chi connectivity index (χ1v) is 9.15. The Morgan fingerprint density at radius 1 is 1.07 bits per heavy atom. The number of nitrogens with zero attached hydrogens (tertiary/aromatic N) is 4. The van der Waals surface area contributed by atoms with Crippen LogP contribution in [0.1, 0.15) is 16.8 Å². The Balaban J connectivity index is 1.93. The molecule has 0 unspecified atom stereocenters. The van der Waals surface area contributed by atoms with Crippen molar-refractivity contribution >= 4 is 32.7 Å². The molecule has 0 radical (unpaired) electrons.